The minimum Gasteiger partial charge on any atom is -0.497 e. The van der Waals surface area contributed by atoms with E-state index in [1.54, 1.807) is 12.1 Å². The first-order valence-electron chi connectivity index (χ1n) is 12.1. The van der Waals surface area contributed by atoms with Crippen molar-refractivity contribution in [2.45, 2.75) is 49.8 Å². The molecule has 2 N–H and O–H groups in total. The molecule has 9 nitrogen and oxygen atoms in total. The molecule has 3 rings (SSSR count). The summed E-state index contributed by atoms with van der Waals surface area (Å²) >= 11 is 0. The van der Waals surface area contributed by atoms with Crippen LogP contribution in [0.15, 0.2) is 59.5 Å². The van der Waals surface area contributed by atoms with Gasteiger partial charge in [-0.25, -0.2) is 13.2 Å². The fourth-order valence-corrected chi connectivity index (χ4v) is 5.63. The number of sulfonamides is 1. The minimum absolute atomic E-state index is 0.0121. The van der Waals surface area contributed by atoms with Gasteiger partial charge in [0.15, 0.2) is 0 Å². The largest absolute Gasteiger partial charge is 0.497 e. The summed E-state index contributed by atoms with van der Waals surface area (Å²) in [5.74, 6) is 0.556. The molecule has 0 saturated carbocycles. The molecular formula is C26H36N2O7S. The molecule has 1 unspecified atom stereocenters. The average Bonchev–Trinajstić information content (AvgIpc) is 3.36. The molecule has 198 valence electrons. The highest BCUT2D eigenvalue weighted by atomic mass is 32.2. The van der Waals surface area contributed by atoms with Gasteiger partial charge in [0.25, 0.3) is 0 Å². The fourth-order valence-electron chi connectivity index (χ4n) is 4.00. The number of ether oxygens (including phenoxy) is 3. The van der Waals surface area contributed by atoms with Crippen molar-refractivity contribution in [2.24, 2.45) is 5.92 Å². The summed E-state index contributed by atoms with van der Waals surface area (Å²) in [4.78, 5) is 12.7. The van der Waals surface area contributed by atoms with Gasteiger partial charge in [0, 0.05) is 19.5 Å². The van der Waals surface area contributed by atoms with Crippen molar-refractivity contribution in [3.05, 3.63) is 60.2 Å². The summed E-state index contributed by atoms with van der Waals surface area (Å²) in [5.41, 5.74) is 0.888. The lowest BCUT2D eigenvalue weighted by Gasteiger charge is -2.30. The van der Waals surface area contributed by atoms with E-state index in [2.05, 4.69) is 5.32 Å². The van der Waals surface area contributed by atoms with Crippen molar-refractivity contribution in [3.8, 4) is 5.75 Å². The first-order valence-corrected chi connectivity index (χ1v) is 13.5. The lowest BCUT2D eigenvalue weighted by molar-refractivity contribution is 0.0644. The Hall–Kier alpha value is -2.66. The molecule has 1 saturated heterocycles. The maximum Gasteiger partial charge on any atom is 0.407 e. The van der Waals surface area contributed by atoms with Crippen LogP contribution in [0.25, 0.3) is 0 Å². The summed E-state index contributed by atoms with van der Waals surface area (Å²) in [7, 11) is -2.40. The number of nitrogens with zero attached hydrogens (tertiary/aromatic N) is 1. The number of benzene rings is 2. The number of methoxy groups -OCH3 is 1. The average molecular weight is 521 g/mol. The second kappa shape index (κ2) is 13.0. The number of hydrogen-bond donors (Lipinski definition) is 2. The van der Waals surface area contributed by atoms with Gasteiger partial charge in [0.1, 0.15) is 11.9 Å². The van der Waals surface area contributed by atoms with E-state index in [0.29, 0.717) is 31.8 Å². The number of alkyl carbamates (subject to hydrolysis) is 1. The summed E-state index contributed by atoms with van der Waals surface area (Å²) in [6.07, 6.45) is -1.28. The zero-order valence-corrected chi connectivity index (χ0v) is 21.8. The van der Waals surface area contributed by atoms with E-state index in [1.165, 1.54) is 23.5 Å². The molecule has 0 bridgehead atoms. The summed E-state index contributed by atoms with van der Waals surface area (Å²) in [5, 5.41) is 14.0. The van der Waals surface area contributed by atoms with Crippen molar-refractivity contribution in [1.82, 2.24) is 9.62 Å². The fraction of sp³-hybridized carbons (Fsp3) is 0.500. The topological polar surface area (TPSA) is 114 Å². The molecule has 1 fully saturated rings. The van der Waals surface area contributed by atoms with Crippen LogP contribution >= 0.6 is 0 Å². The van der Waals surface area contributed by atoms with Crippen LogP contribution < -0.4 is 10.1 Å². The molecular weight excluding hydrogens is 484 g/mol. The van der Waals surface area contributed by atoms with Crippen molar-refractivity contribution in [3.63, 3.8) is 0 Å². The van der Waals surface area contributed by atoms with Crippen molar-refractivity contribution < 1.29 is 32.5 Å². The number of amides is 1. The zero-order chi connectivity index (χ0) is 26.1. The molecule has 0 radical (unpaired) electrons. The Morgan fingerprint density at radius 3 is 2.42 bits per heavy atom. The highest BCUT2D eigenvalue weighted by Gasteiger charge is 2.32. The number of aliphatic hydroxyl groups is 1. The quantitative estimate of drug-likeness (QED) is 0.442. The highest BCUT2D eigenvalue weighted by molar-refractivity contribution is 7.89. The summed E-state index contributed by atoms with van der Waals surface area (Å²) in [6.45, 7) is 4.68. The van der Waals surface area contributed by atoms with Gasteiger partial charge >= 0.3 is 6.09 Å². The van der Waals surface area contributed by atoms with Crippen LogP contribution in [0.4, 0.5) is 4.79 Å². The molecule has 1 aliphatic rings. The highest BCUT2D eigenvalue weighted by Crippen LogP contribution is 2.22. The molecule has 1 aliphatic heterocycles. The van der Waals surface area contributed by atoms with Crippen molar-refractivity contribution >= 4 is 16.1 Å². The van der Waals surface area contributed by atoms with Crippen LogP contribution in [0, 0.1) is 5.92 Å². The third-order valence-electron chi connectivity index (χ3n) is 5.88. The smallest absolute Gasteiger partial charge is 0.407 e. The molecule has 3 atom stereocenters. The second-order valence-corrected chi connectivity index (χ2v) is 11.2. The summed E-state index contributed by atoms with van der Waals surface area (Å²) < 4.78 is 44.0. The first kappa shape index (κ1) is 27.9. The number of aliphatic hydroxyl groups excluding tert-OH is 1. The second-order valence-electron chi connectivity index (χ2n) is 9.29. The predicted molar refractivity (Wildman–Crippen MR) is 135 cm³/mol. The molecule has 1 heterocycles. The van der Waals surface area contributed by atoms with Gasteiger partial charge in [-0.15, -0.1) is 0 Å². The maximum atomic E-state index is 13.5. The van der Waals surface area contributed by atoms with E-state index in [4.69, 9.17) is 14.2 Å². The predicted octanol–water partition coefficient (Wildman–Crippen LogP) is 2.83. The Labute approximate surface area is 213 Å². The Kier molecular flexibility index (Phi) is 10.1. The van der Waals surface area contributed by atoms with Crippen LogP contribution in [-0.2, 0) is 25.9 Å². The van der Waals surface area contributed by atoms with Gasteiger partial charge in [-0.1, -0.05) is 44.2 Å². The number of rotatable bonds is 12. The first-order chi connectivity index (χ1) is 17.2. The van der Waals surface area contributed by atoms with Crippen LogP contribution in [0.3, 0.4) is 0 Å². The van der Waals surface area contributed by atoms with E-state index in [-0.39, 0.29) is 30.0 Å². The monoisotopic (exact) mass is 520 g/mol. The van der Waals surface area contributed by atoms with Crippen LogP contribution in [0.2, 0.25) is 0 Å². The number of nitrogens with one attached hydrogen (secondary N) is 1. The molecule has 0 aromatic heterocycles. The van der Waals surface area contributed by atoms with Gasteiger partial charge in [-0.2, -0.15) is 4.31 Å². The van der Waals surface area contributed by atoms with Crippen LogP contribution in [0.5, 0.6) is 5.75 Å². The van der Waals surface area contributed by atoms with E-state index >= 15 is 0 Å². The van der Waals surface area contributed by atoms with Gasteiger partial charge in [0.2, 0.25) is 10.0 Å². The normalized spacial score (nSPS) is 17.7. The van der Waals surface area contributed by atoms with Crippen molar-refractivity contribution in [1.29, 1.82) is 0 Å². The van der Waals surface area contributed by atoms with Crippen LogP contribution in [-0.4, -0.2) is 75.6 Å². The van der Waals surface area contributed by atoms with Crippen LogP contribution in [0.1, 0.15) is 25.8 Å². The molecule has 0 spiro atoms. The zero-order valence-electron chi connectivity index (χ0n) is 21.0. The minimum atomic E-state index is -3.91. The maximum absolute atomic E-state index is 13.5. The van der Waals surface area contributed by atoms with Gasteiger partial charge in [-0.05, 0) is 42.2 Å². The van der Waals surface area contributed by atoms with Gasteiger partial charge in [0.05, 0.1) is 37.4 Å². The van der Waals surface area contributed by atoms with E-state index in [1.807, 2.05) is 44.2 Å². The Bertz CT molecular complexity index is 1060. The molecule has 10 heteroatoms. The Balaban J connectivity index is 1.80. The number of carbonyl (C=O) groups excluding carboxylic acids is 1. The molecule has 2 aromatic carbocycles. The van der Waals surface area contributed by atoms with E-state index in [9.17, 15) is 18.3 Å². The van der Waals surface area contributed by atoms with Gasteiger partial charge in [-0.3, -0.25) is 0 Å². The Morgan fingerprint density at radius 2 is 1.83 bits per heavy atom. The third kappa shape index (κ3) is 7.92. The lowest BCUT2D eigenvalue weighted by Crippen LogP contribution is -2.51. The number of hydrogen-bond acceptors (Lipinski definition) is 7. The van der Waals surface area contributed by atoms with E-state index < -0.39 is 28.3 Å². The third-order valence-corrected chi connectivity index (χ3v) is 7.73. The Morgan fingerprint density at radius 1 is 1.14 bits per heavy atom. The number of carbonyl (C=O) groups is 1. The van der Waals surface area contributed by atoms with E-state index in [0.717, 1.165) is 5.56 Å². The molecule has 0 aliphatic carbocycles. The standard InChI is InChI=1S/C26H36N2O7S/c1-19(2)16-28(36(31,32)23-11-9-21(33-3)10-12-23)17-25(29)24(15-20-7-5-4-6-8-20)27-26(30)35-22-13-14-34-18-22/h4-12,19,22,24-25,29H,13-18H2,1-3H3,(H,27,30)/t22-,24?,25-/m0/s1. The SMILES string of the molecule is COc1ccc(S(=O)(=O)N(CC(C)C)C[C@H](O)C(Cc2ccccc2)NC(=O)O[C@H]2CCOC2)cc1. The van der Waals surface area contributed by atoms with Gasteiger partial charge < -0.3 is 24.6 Å². The summed E-state index contributed by atoms with van der Waals surface area (Å²) in [6, 6.07) is 14.7. The molecule has 2 aromatic rings. The molecule has 1 amide bonds. The van der Waals surface area contributed by atoms with Crippen molar-refractivity contribution in [2.75, 3.05) is 33.4 Å². The molecule has 36 heavy (non-hydrogen) atoms. The lowest BCUT2D eigenvalue weighted by atomic mass is 10.0.